The van der Waals surface area contributed by atoms with Crippen LogP contribution >= 0.6 is 22.9 Å². The number of fused-ring (bicyclic) bond motifs is 1. The normalized spacial score (nSPS) is 13.6. The van der Waals surface area contributed by atoms with Crippen molar-refractivity contribution in [2.45, 2.75) is 44.7 Å². The Morgan fingerprint density at radius 1 is 1.13 bits per heavy atom. The Morgan fingerprint density at radius 3 is 2.58 bits per heavy atom. The highest BCUT2D eigenvalue weighted by Crippen LogP contribution is 2.37. The van der Waals surface area contributed by atoms with Gasteiger partial charge in [0.05, 0.1) is 12.1 Å². The van der Waals surface area contributed by atoms with Gasteiger partial charge in [-0.25, -0.2) is 9.37 Å². The molecule has 1 amide bonds. The predicted octanol–water partition coefficient (Wildman–Crippen LogP) is 7.37. The lowest BCUT2D eigenvalue weighted by Gasteiger charge is -2.20. The molecule has 2 heterocycles. The molecule has 0 saturated heterocycles. The minimum Gasteiger partial charge on any atom is -0.496 e. The van der Waals surface area contributed by atoms with Crippen LogP contribution in [-0.4, -0.2) is 31.1 Å². The van der Waals surface area contributed by atoms with Gasteiger partial charge in [0.15, 0.2) is 0 Å². The van der Waals surface area contributed by atoms with E-state index < -0.39 is 17.7 Å². The number of hydrogen-bond acceptors (Lipinski definition) is 5. The molecule has 38 heavy (non-hydrogen) atoms. The number of halogens is 3. The van der Waals surface area contributed by atoms with E-state index in [0.29, 0.717) is 27.1 Å². The minimum atomic E-state index is -0.586. The molecule has 1 fully saturated rings. The summed E-state index contributed by atoms with van der Waals surface area (Å²) in [5.41, 5.74) is 1.60. The van der Waals surface area contributed by atoms with Gasteiger partial charge in [0, 0.05) is 40.0 Å². The van der Waals surface area contributed by atoms with Crippen LogP contribution in [0.3, 0.4) is 0 Å². The van der Waals surface area contributed by atoms with Crippen LogP contribution in [0.2, 0.25) is 5.02 Å². The molecular formula is C29H30ClF2N3O2S. The fraction of sp³-hybridized carbons (Fsp3) is 0.310. The lowest BCUT2D eigenvalue weighted by Crippen LogP contribution is -2.26. The van der Waals surface area contributed by atoms with Crippen LogP contribution < -0.4 is 15.4 Å². The zero-order valence-corrected chi connectivity index (χ0v) is 22.9. The van der Waals surface area contributed by atoms with Crippen LogP contribution in [0, 0.1) is 11.8 Å². The lowest BCUT2D eigenvalue weighted by atomic mass is 9.96. The molecule has 1 saturated carbocycles. The third-order valence-corrected chi connectivity index (χ3v) is 8.26. The molecule has 1 aliphatic rings. The van der Waals surface area contributed by atoms with Gasteiger partial charge < -0.3 is 15.4 Å². The Bertz CT molecular complexity index is 1410. The van der Waals surface area contributed by atoms with Gasteiger partial charge in [-0.3, -0.25) is 4.79 Å². The van der Waals surface area contributed by atoms with Gasteiger partial charge in [0.25, 0.3) is 5.91 Å². The Morgan fingerprint density at radius 2 is 1.92 bits per heavy atom. The van der Waals surface area contributed by atoms with Crippen LogP contribution in [0.1, 0.15) is 47.3 Å². The first-order chi connectivity index (χ1) is 18.4. The smallest absolute Gasteiger partial charge is 0.263 e. The largest absolute Gasteiger partial charge is 0.496 e. The number of nitrogens with zero attached hydrogens (tertiary/aromatic N) is 1. The first-order valence-electron chi connectivity index (χ1n) is 12.5. The van der Waals surface area contributed by atoms with Gasteiger partial charge in [-0.05, 0) is 61.9 Å². The number of pyridine rings is 1. The molecule has 0 aliphatic heterocycles. The first kappa shape index (κ1) is 28.0. The molecule has 0 bridgehead atoms. The minimum absolute atomic E-state index is 0.0868. The molecule has 4 aromatic rings. The Balaban J connectivity index is 0.000000360. The lowest BCUT2D eigenvalue weighted by molar-refractivity contribution is 0.0955. The van der Waals surface area contributed by atoms with Gasteiger partial charge in [0.1, 0.15) is 16.4 Å². The summed E-state index contributed by atoms with van der Waals surface area (Å²) in [5, 5.41) is 6.41. The number of nitrogens with one attached hydrogen (secondary N) is 2. The summed E-state index contributed by atoms with van der Waals surface area (Å²) >= 11 is 7.38. The number of benzene rings is 2. The number of aromatic nitrogens is 1. The number of rotatable bonds is 6. The highest BCUT2D eigenvalue weighted by molar-refractivity contribution is 7.21. The summed E-state index contributed by atoms with van der Waals surface area (Å²) in [7, 11) is 3.58. The van der Waals surface area contributed by atoms with Crippen molar-refractivity contribution < 1.29 is 18.3 Å². The average Bonchev–Trinajstić information content (AvgIpc) is 3.30. The van der Waals surface area contributed by atoms with Gasteiger partial charge in [-0.1, -0.05) is 43.0 Å². The van der Waals surface area contributed by atoms with E-state index in [4.69, 9.17) is 16.3 Å². The standard InChI is InChI=1S/C22H15ClF2N2O2S.C7H15N/c1-29-16-8-7-12(14-4-3-9-26-21(14)25)10-13(16)11-27-22(28)20-19(23)18-15(24)5-2-6-17(18)30-20;1-8-7-5-3-2-4-6-7/h2-10H,11H2,1H3,(H,27,28);7-8H,2-6H2,1H3. The van der Waals surface area contributed by atoms with Crippen molar-refractivity contribution in [1.29, 1.82) is 0 Å². The molecule has 5 rings (SSSR count). The van der Waals surface area contributed by atoms with Gasteiger partial charge in [0.2, 0.25) is 5.95 Å². The second-order valence-electron chi connectivity index (χ2n) is 9.03. The third-order valence-electron chi connectivity index (χ3n) is 6.62. The monoisotopic (exact) mass is 557 g/mol. The van der Waals surface area contributed by atoms with E-state index in [1.54, 1.807) is 42.5 Å². The zero-order valence-electron chi connectivity index (χ0n) is 21.3. The van der Waals surface area contributed by atoms with Crippen molar-refractivity contribution >= 4 is 38.9 Å². The van der Waals surface area contributed by atoms with E-state index in [9.17, 15) is 13.6 Å². The summed E-state index contributed by atoms with van der Waals surface area (Å²) in [6.07, 6.45) is 8.50. The zero-order chi connectivity index (χ0) is 27.1. The number of ether oxygens (including phenoxy) is 1. The van der Waals surface area contributed by atoms with E-state index in [0.717, 1.165) is 17.4 Å². The SMILES string of the molecule is CNC1CCCCC1.COc1ccc(-c2cccnc2F)cc1CNC(=O)c1sc2cccc(F)c2c1Cl. The summed E-state index contributed by atoms with van der Waals surface area (Å²) in [4.78, 5) is 16.6. The summed E-state index contributed by atoms with van der Waals surface area (Å²) < 4.78 is 34.0. The molecule has 2 aromatic heterocycles. The molecule has 2 aromatic carbocycles. The van der Waals surface area contributed by atoms with E-state index >= 15 is 0 Å². The van der Waals surface area contributed by atoms with Crippen molar-refractivity contribution in [2.75, 3.05) is 14.2 Å². The Kier molecular flexibility index (Phi) is 9.66. The highest BCUT2D eigenvalue weighted by atomic mass is 35.5. The first-order valence-corrected chi connectivity index (χ1v) is 13.7. The average molecular weight is 558 g/mol. The van der Waals surface area contributed by atoms with Gasteiger partial charge >= 0.3 is 0 Å². The van der Waals surface area contributed by atoms with Crippen LogP contribution in [0.15, 0.2) is 54.7 Å². The number of carbonyl (C=O) groups is 1. The summed E-state index contributed by atoms with van der Waals surface area (Å²) in [5.74, 6) is -0.949. The van der Waals surface area contributed by atoms with Gasteiger partial charge in [-0.2, -0.15) is 4.39 Å². The number of hydrogen-bond donors (Lipinski definition) is 2. The number of amides is 1. The summed E-state index contributed by atoms with van der Waals surface area (Å²) in [6.45, 7) is 0.116. The van der Waals surface area contributed by atoms with Crippen LogP contribution in [-0.2, 0) is 6.54 Å². The highest BCUT2D eigenvalue weighted by Gasteiger charge is 2.20. The molecule has 1 aliphatic carbocycles. The van der Waals surface area contributed by atoms with Crippen molar-refractivity contribution in [3.8, 4) is 16.9 Å². The van der Waals surface area contributed by atoms with E-state index in [1.165, 1.54) is 51.5 Å². The van der Waals surface area contributed by atoms with Crippen molar-refractivity contribution in [3.63, 3.8) is 0 Å². The second-order valence-corrected chi connectivity index (χ2v) is 10.5. The molecule has 0 atom stereocenters. The fourth-order valence-electron chi connectivity index (χ4n) is 4.55. The molecular weight excluding hydrogens is 528 g/mol. The second kappa shape index (κ2) is 13.1. The van der Waals surface area contributed by atoms with Gasteiger partial charge in [-0.15, -0.1) is 11.3 Å². The third kappa shape index (κ3) is 6.49. The molecule has 0 radical (unpaired) electrons. The molecule has 0 spiro atoms. The van der Waals surface area contributed by atoms with E-state index in [1.807, 2.05) is 0 Å². The maximum absolute atomic E-state index is 14.0. The Labute approximate surface area is 230 Å². The molecule has 9 heteroatoms. The maximum atomic E-state index is 14.0. The molecule has 2 N–H and O–H groups in total. The summed E-state index contributed by atoms with van der Waals surface area (Å²) in [6, 6.07) is 13.8. The fourth-order valence-corrected chi connectivity index (χ4v) is 6.02. The van der Waals surface area contributed by atoms with E-state index in [2.05, 4.69) is 22.7 Å². The molecule has 0 unspecified atom stereocenters. The number of thiophene rings is 1. The predicted molar refractivity (Wildman–Crippen MR) is 150 cm³/mol. The van der Waals surface area contributed by atoms with Crippen LogP contribution in [0.4, 0.5) is 8.78 Å². The van der Waals surface area contributed by atoms with E-state index in [-0.39, 0.29) is 21.8 Å². The van der Waals surface area contributed by atoms with Crippen molar-refractivity contribution in [3.05, 3.63) is 82.0 Å². The quantitative estimate of drug-likeness (QED) is 0.243. The molecule has 5 nitrogen and oxygen atoms in total. The Hall–Kier alpha value is -3.07. The number of methoxy groups -OCH3 is 1. The van der Waals surface area contributed by atoms with Crippen molar-refractivity contribution in [1.82, 2.24) is 15.6 Å². The molecule has 200 valence electrons. The van der Waals surface area contributed by atoms with Crippen LogP contribution in [0.25, 0.3) is 21.2 Å². The van der Waals surface area contributed by atoms with Crippen molar-refractivity contribution in [2.24, 2.45) is 0 Å². The number of carbonyl (C=O) groups excluding carboxylic acids is 1. The maximum Gasteiger partial charge on any atom is 0.263 e. The van der Waals surface area contributed by atoms with Crippen LogP contribution in [0.5, 0.6) is 5.75 Å². The topological polar surface area (TPSA) is 63.2 Å².